The van der Waals surface area contributed by atoms with E-state index in [1.807, 2.05) is 4.90 Å². The Morgan fingerprint density at radius 2 is 2.11 bits per heavy atom. The van der Waals surface area contributed by atoms with Gasteiger partial charge in [0.2, 0.25) is 0 Å². The lowest BCUT2D eigenvalue weighted by atomic mass is 10.3. The third kappa shape index (κ3) is 3.46. The molecule has 0 rings (SSSR count). The van der Waals surface area contributed by atoms with Crippen molar-refractivity contribution >= 4 is 0 Å². The Morgan fingerprint density at radius 1 is 1.56 bits per heavy atom. The first kappa shape index (κ1) is 8.88. The minimum absolute atomic E-state index is 0.190. The molecule has 0 fully saturated rings. The first-order chi connectivity index (χ1) is 4.22. The first-order valence-corrected chi connectivity index (χ1v) is 3.27. The van der Waals surface area contributed by atoms with Gasteiger partial charge in [0.25, 0.3) is 0 Å². The summed E-state index contributed by atoms with van der Waals surface area (Å²) in [4.78, 5) is 2.00. The van der Waals surface area contributed by atoms with Gasteiger partial charge in [-0.15, -0.1) is 0 Å². The van der Waals surface area contributed by atoms with Gasteiger partial charge in [-0.1, -0.05) is 0 Å². The Kier molecular flexibility index (Phi) is 4.67. The van der Waals surface area contributed by atoms with E-state index in [-0.39, 0.29) is 6.61 Å². The van der Waals surface area contributed by atoms with Crippen molar-refractivity contribution in [2.75, 3.05) is 19.8 Å². The maximum Gasteiger partial charge on any atom is 0.0559 e. The molecule has 3 N–H and O–H groups in total. The predicted octanol–water partition coefficient (Wildman–Crippen LogP) is -0.395. The Hall–Kier alpha value is -0.120. The molecule has 0 saturated carbocycles. The zero-order chi connectivity index (χ0) is 7.28. The van der Waals surface area contributed by atoms with Gasteiger partial charge in [0.05, 0.1) is 6.61 Å². The fraction of sp³-hybridized carbons (Fsp3) is 1.00. The molecule has 0 radical (unpaired) electrons. The van der Waals surface area contributed by atoms with E-state index in [4.69, 9.17) is 10.8 Å². The number of aliphatic hydroxyl groups is 1. The summed E-state index contributed by atoms with van der Waals surface area (Å²) < 4.78 is 0. The number of nitrogens with two attached hydrogens (primary N) is 1. The summed E-state index contributed by atoms with van der Waals surface area (Å²) in [7, 11) is 0. The zero-order valence-electron chi connectivity index (χ0n) is 6.17. The van der Waals surface area contributed by atoms with Crippen LogP contribution in [0.25, 0.3) is 0 Å². The summed E-state index contributed by atoms with van der Waals surface area (Å²) in [6.45, 7) is 5.51. The fourth-order valence-electron chi connectivity index (χ4n) is 0.689. The van der Waals surface area contributed by atoms with Gasteiger partial charge in [0.1, 0.15) is 0 Å². The molecule has 0 spiro atoms. The summed E-state index contributed by atoms with van der Waals surface area (Å²) in [5.41, 5.74) is 5.37. The third-order valence-electron chi connectivity index (χ3n) is 1.35. The molecule has 9 heavy (non-hydrogen) atoms. The molecule has 0 aromatic rings. The molecule has 0 unspecified atom stereocenters. The fourth-order valence-corrected chi connectivity index (χ4v) is 0.689. The van der Waals surface area contributed by atoms with Crippen LogP contribution in [0.1, 0.15) is 13.8 Å². The van der Waals surface area contributed by atoms with Crippen molar-refractivity contribution in [2.24, 2.45) is 5.73 Å². The summed E-state index contributed by atoms with van der Waals surface area (Å²) in [6.07, 6.45) is 0. The topological polar surface area (TPSA) is 49.5 Å². The molecular formula is C6H16N2O. The number of nitrogens with zero attached hydrogens (tertiary/aromatic N) is 1. The first-order valence-electron chi connectivity index (χ1n) is 3.27. The lowest BCUT2D eigenvalue weighted by Gasteiger charge is -2.22. The van der Waals surface area contributed by atoms with Crippen LogP contribution in [0.15, 0.2) is 0 Å². The van der Waals surface area contributed by atoms with Gasteiger partial charge in [0, 0.05) is 19.3 Å². The Balaban J connectivity index is 3.41. The van der Waals surface area contributed by atoms with Crippen LogP contribution in [-0.4, -0.2) is 35.9 Å². The van der Waals surface area contributed by atoms with E-state index in [9.17, 15) is 0 Å². The number of rotatable bonds is 4. The highest BCUT2D eigenvalue weighted by Gasteiger charge is 2.03. The van der Waals surface area contributed by atoms with Gasteiger partial charge < -0.3 is 10.8 Å². The van der Waals surface area contributed by atoms with Crippen molar-refractivity contribution in [3.63, 3.8) is 0 Å². The Bertz CT molecular complexity index is 66.1. The second kappa shape index (κ2) is 4.73. The molecule has 0 saturated heterocycles. The van der Waals surface area contributed by atoms with E-state index < -0.39 is 0 Å². The monoisotopic (exact) mass is 132 g/mol. The summed E-state index contributed by atoms with van der Waals surface area (Å²) in [6, 6.07) is 0.433. The minimum atomic E-state index is 0.190. The van der Waals surface area contributed by atoms with Crippen molar-refractivity contribution in [2.45, 2.75) is 19.9 Å². The van der Waals surface area contributed by atoms with E-state index in [1.165, 1.54) is 0 Å². The van der Waals surface area contributed by atoms with Crippen LogP contribution in [0, 0.1) is 0 Å². The van der Waals surface area contributed by atoms with Crippen LogP contribution in [0.3, 0.4) is 0 Å². The molecule has 0 amide bonds. The van der Waals surface area contributed by atoms with Crippen LogP contribution < -0.4 is 5.73 Å². The van der Waals surface area contributed by atoms with Gasteiger partial charge in [-0.05, 0) is 13.8 Å². The van der Waals surface area contributed by atoms with E-state index >= 15 is 0 Å². The molecule has 0 bridgehead atoms. The van der Waals surface area contributed by atoms with Gasteiger partial charge in [-0.25, -0.2) is 0 Å². The quantitative estimate of drug-likeness (QED) is 0.512. The van der Waals surface area contributed by atoms with E-state index in [1.54, 1.807) is 0 Å². The zero-order valence-corrected chi connectivity index (χ0v) is 6.17. The normalized spacial score (nSPS) is 11.3. The van der Waals surface area contributed by atoms with Crippen LogP contribution in [0.5, 0.6) is 0 Å². The average molecular weight is 132 g/mol. The van der Waals surface area contributed by atoms with Crippen molar-refractivity contribution in [3.8, 4) is 0 Å². The number of aliphatic hydroxyl groups excluding tert-OH is 1. The lowest BCUT2D eigenvalue weighted by Crippen LogP contribution is -2.37. The summed E-state index contributed by atoms with van der Waals surface area (Å²) in [5.74, 6) is 0. The van der Waals surface area contributed by atoms with Crippen molar-refractivity contribution < 1.29 is 5.11 Å². The maximum atomic E-state index is 8.52. The molecule has 0 aromatic carbocycles. The number of hydrogen-bond acceptors (Lipinski definition) is 3. The van der Waals surface area contributed by atoms with E-state index in [0.29, 0.717) is 19.3 Å². The molecule has 0 aliphatic rings. The predicted molar refractivity (Wildman–Crippen MR) is 38.0 cm³/mol. The molecular weight excluding hydrogens is 116 g/mol. The summed E-state index contributed by atoms with van der Waals surface area (Å²) in [5, 5.41) is 8.52. The molecule has 0 aliphatic carbocycles. The van der Waals surface area contributed by atoms with E-state index in [0.717, 1.165) is 0 Å². The summed E-state index contributed by atoms with van der Waals surface area (Å²) >= 11 is 0. The molecule has 0 atom stereocenters. The van der Waals surface area contributed by atoms with E-state index in [2.05, 4.69) is 13.8 Å². The van der Waals surface area contributed by atoms with Crippen LogP contribution in [-0.2, 0) is 0 Å². The highest BCUT2D eigenvalue weighted by molar-refractivity contribution is 4.57. The van der Waals surface area contributed by atoms with Gasteiger partial charge in [-0.2, -0.15) is 0 Å². The molecule has 0 aromatic heterocycles. The largest absolute Gasteiger partial charge is 0.395 e. The molecule has 3 heteroatoms. The molecule has 0 aliphatic heterocycles. The SMILES string of the molecule is CC(C)N(CN)CCO. The highest BCUT2D eigenvalue weighted by Crippen LogP contribution is 1.92. The van der Waals surface area contributed by atoms with Gasteiger partial charge in [0.15, 0.2) is 0 Å². The molecule has 0 heterocycles. The van der Waals surface area contributed by atoms with Crippen LogP contribution in [0.2, 0.25) is 0 Å². The van der Waals surface area contributed by atoms with Crippen molar-refractivity contribution in [1.29, 1.82) is 0 Å². The highest BCUT2D eigenvalue weighted by atomic mass is 16.3. The smallest absolute Gasteiger partial charge is 0.0559 e. The lowest BCUT2D eigenvalue weighted by molar-refractivity contribution is 0.169. The molecule has 56 valence electrons. The maximum absolute atomic E-state index is 8.52. The third-order valence-corrected chi connectivity index (χ3v) is 1.35. The van der Waals surface area contributed by atoms with Crippen molar-refractivity contribution in [1.82, 2.24) is 4.90 Å². The Morgan fingerprint density at radius 3 is 2.22 bits per heavy atom. The standard InChI is InChI=1S/C6H16N2O/c1-6(2)8(5-7)3-4-9/h6,9H,3-5,7H2,1-2H3. The second-order valence-corrected chi connectivity index (χ2v) is 2.31. The minimum Gasteiger partial charge on any atom is -0.395 e. The number of hydrogen-bond donors (Lipinski definition) is 2. The van der Waals surface area contributed by atoms with Gasteiger partial charge >= 0.3 is 0 Å². The van der Waals surface area contributed by atoms with Crippen molar-refractivity contribution in [3.05, 3.63) is 0 Å². The van der Waals surface area contributed by atoms with Crippen LogP contribution >= 0.6 is 0 Å². The average Bonchev–Trinajstić information content (AvgIpc) is 1.82. The molecule has 3 nitrogen and oxygen atoms in total. The second-order valence-electron chi connectivity index (χ2n) is 2.31. The Labute approximate surface area is 56.5 Å². The van der Waals surface area contributed by atoms with Crippen LogP contribution in [0.4, 0.5) is 0 Å². The van der Waals surface area contributed by atoms with Gasteiger partial charge in [-0.3, -0.25) is 4.90 Å².